The molecule has 0 aromatic rings. The predicted octanol–water partition coefficient (Wildman–Crippen LogP) is -4.86. The van der Waals surface area contributed by atoms with Crippen LogP contribution in [0.1, 0.15) is 12.8 Å². The molecular formula is C12H21KN2O6V. The molecule has 0 aromatic carbocycles. The molecule has 1 radical (unpaired) electrons. The van der Waals surface area contributed by atoms with Gasteiger partial charge in [0.2, 0.25) is 11.8 Å². The fraction of sp³-hybridized carbons (Fsp3) is 0.750. The number of nitrogens with one attached hydrogen (secondary N) is 2. The van der Waals surface area contributed by atoms with Gasteiger partial charge in [-0.3, -0.25) is 9.59 Å². The predicted molar refractivity (Wildman–Crippen MR) is 69.7 cm³/mol. The van der Waals surface area contributed by atoms with Crippen molar-refractivity contribution >= 4 is 18.1 Å². The first-order chi connectivity index (χ1) is 9.70. The fourth-order valence-corrected chi connectivity index (χ4v) is 1.20. The van der Waals surface area contributed by atoms with E-state index in [9.17, 15) is 14.4 Å². The van der Waals surface area contributed by atoms with Crippen LogP contribution in [0.2, 0.25) is 0 Å². The number of hydrogen-bond donors (Lipinski definition) is 3. The van der Waals surface area contributed by atoms with E-state index in [1.807, 2.05) is 0 Å². The number of ether oxygens (including phenoxy) is 2. The molecule has 0 bridgehead atoms. The van der Waals surface area contributed by atoms with Crippen LogP contribution in [-0.2, 0) is 42.4 Å². The van der Waals surface area contributed by atoms with Gasteiger partial charge in [-0.1, -0.05) is 0 Å². The zero-order chi connectivity index (χ0) is 15.1. The summed E-state index contributed by atoms with van der Waals surface area (Å²) in [5, 5.41) is 13.6. The summed E-state index contributed by atoms with van der Waals surface area (Å²) in [6.07, 6.45) is 1.93. The zero-order valence-electron chi connectivity index (χ0n) is 12.8. The summed E-state index contributed by atoms with van der Waals surface area (Å²) in [6, 6.07) is 0. The zero-order valence-corrected chi connectivity index (χ0v) is 17.3. The molecule has 0 aliphatic rings. The SMILES string of the molecule is O=[C-]COCCNC(=O)CCNC(=O)CCOCCO.[K+].[V]. The van der Waals surface area contributed by atoms with Crippen molar-refractivity contribution in [3.8, 4) is 0 Å². The Labute approximate surface area is 184 Å². The second-order valence-corrected chi connectivity index (χ2v) is 3.73. The molecule has 0 rings (SSSR count). The summed E-state index contributed by atoms with van der Waals surface area (Å²) in [5.41, 5.74) is 0. The number of amides is 2. The van der Waals surface area contributed by atoms with Gasteiger partial charge in [-0.05, 0) is 6.61 Å². The van der Waals surface area contributed by atoms with Crippen molar-refractivity contribution in [2.45, 2.75) is 12.8 Å². The van der Waals surface area contributed by atoms with E-state index in [4.69, 9.17) is 14.6 Å². The third kappa shape index (κ3) is 20.7. The molecule has 0 atom stereocenters. The summed E-state index contributed by atoms with van der Waals surface area (Å²) in [7, 11) is 0. The minimum Gasteiger partial charge on any atom is -0.540 e. The summed E-state index contributed by atoms with van der Waals surface area (Å²) < 4.78 is 9.74. The maximum absolute atomic E-state index is 11.3. The van der Waals surface area contributed by atoms with Crippen LogP contribution in [0.4, 0.5) is 0 Å². The van der Waals surface area contributed by atoms with E-state index in [0.717, 1.165) is 0 Å². The van der Waals surface area contributed by atoms with E-state index in [-0.39, 0.29) is 134 Å². The van der Waals surface area contributed by atoms with Crippen LogP contribution < -0.4 is 62.0 Å². The van der Waals surface area contributed by atoms with Crippen LogP contribution in [0.25, 0.3) is 0 Å². The molecule has 10 heteroatoms. The second kappa shape index (κ2) is 21.7. The molecule has 8 nitrogen and oxygen atoms in total. The van der Waals surface area contributed by atoms with E-state index in [0.29, 0.717) is 6.54 Å². The van der Waals surface area contributed by atoms with Crippen LogP contribution in [0.3, 0.4) is 0 Å². The van der Waals surface area contributed by atoms with Crippen molar-refractivity contribution in [2.24, 2.45) is 0 Å². The van der Waals surface area contributed by atoms with Gasteiger partial charge >= 0.3 is 51.4 Å². The van der Waals surface area contributed by atoms with E-state index in [2.05, 4.69) is 10.6 Å². The maximum Gasteiger partial charge on any atom is 1.00 e. The number of carbonyl (C=O) groups is 2. The van der Waals surface area contributed by atoms with Crippen molar-refractivity contribution < 1.29 is 98.9 Å². The minimum absolute atomic E-state index is 0. The topological polar surface area (TPSA) is 114 Å². The Balaban J connectivity index is -0.00000180. The molecule has 0 spiro atoms. The average molecular weight is 379 g/mol. The summed E-state index contributed by atoms with van der Waals surface area (Å²) in [6.45, 7) is 1.07. The third-order valence-corrected chi connectivity index (χ3v) is 2.11. The average Bonchev–Trinajstić information content (AvgIpc) is 2.43. The van der Waals surface area contributed by atoms with Gasteiger partial charge in [0, 0.05) is 44.5 Å². The van der Waals surface area contributed by atoms with Gasteiger partial charge in [0.1, 0.15) is 0 Å². The van der Waals surface area contributed by atoms with Crippen molar-refractivity contribution in [2.75, 3.05) is 46.1 Å². The Hall–Kier alpha value is 0.711. The van der Waals surface area contributed by atoms with E-state index in [1.54, 1.807) is 6.29 Å². The number of rotatable bonds is 13. The van der Waals surface area contributed by atoms with Crippen LogP contribution >= 0.6 is 0 Å². The third-order valence-electron chi connectivity index (χ3n) is 2.11. The van der Waals surface area contributed by atoms with Gasteiger partial charge in [0.15, 0.2) is 0 Å². The Morgan fingerprint density at radius 2 is 1.59 bits per heavy atom. The first-order valence-electron chi connectivity index (χ1n) is 6.35. The second-order valence-electron chi connectivity index (χ2n) is 3.73. The molecular weight excluding hydrogens is 358 g/mol. The first-order valence-corrected chi connectivity index (χ1v) is 6.35. The van der Waals surface area contributed by atoms with Gasteiger partial charge < -0.3 is 30.0 Å². The van der Waals surface area contributed by atoms with E-state index < -0.39 is 0 Å². The molecule has 0 aromatic heterocycles. The van der Waals surface area contributed by atoms with E-state index >= 15 is 0 Å². The monoisotopic (exact) mass is 379 g/mol. The quantitative estimate of drug-likeness (QED) is 0.168. The summed E-state index contributed by atoms with van der Waals surface area (Å²) in [4.78, 5) is 32.4. The van der Waals surface area contributed by atoms with Crippen molar-refractivity contribution in [1.82, 2.24) is 10.6 Å². The van der Waals surface area contributed by atoms with Gasteiger partial charge in [0.05, 0.1) is 26.4 Å². The Morgan fingerprint density at radius 3 is 2.23 bits per heavy atom. The van der Waals surface area contributed by atoms with Crippen molar-refractivity contribution in [1.29, 1.82) is 0 Å². The number of hydrogen-bond acceptors (Lipinski definition) is 6. The maximum atomic E-state index is 11.3. The Bertz CT molecular complexity index is 297. The molecule has 121 valence electrons. The van der Waals surface area contributed by atoms with Crippen LogP contribution in [0.15, 0.2) is 0 Å². The van der Waals surface area contributed by atoms with Crippen LogP contribution in [-0.4, -0.2) is 69.3 Å². The van der Waals surface area contributed by atoms with E-state index in [1.165, 1.54) is 0 Å². The molecule has 0 saturated heterocycles. The van der Waals surface area contributed by atoms with Gasteiger partial charge in [-0.2, -0.15) is 0 Å². The molecule has 22 heavy (non-hydrogen) atoms. The Kier molecular flexibility index (Phi) is 27.2. The van der Waals surface area contributed by atoms with Crippen LogP contribution in [0.5, 0.6) is 0 Å². The molecule has 0 unspecified atom stereocenters. The molecule has 0 aliphatic heterocycles. The summed E-state index contributed by atoms with van der Waals surface area (Å²) >= 11 is 0. The number of carbonyl (C=O) groups excluding carboxylic acids is 3. The molecule has 2 amide bonds. The van der Waals surface area contributed by atoms with Crippen molar-refractivity contribution in [3.05, 3.63) is 0 Å². The van der Waals surface area contributed by atoms with Crippen LogP contribution in [0, 0.1) is 0 Å². The van der Waals surface area contributed by atoms with Gasteiger partial charge in [-0.15, -0.1) is 0 Å². The number of aliphatic hydroxyl groups is 1. The smallest absolute Gasteiger partial charge is 0.540 e. The fourth-order valence-electron chi connectivity index (χ4n) is 1.20. The van der Waals surface area contributed by atoms with Gasteiger partial charge in [-0.25, -0.2) is 6.29 Å². The standard InChI is InChI=1S/C12H21N2O6.K.V/c15-5-9-19-7-2-12(18)13-3-1-11(17)14-4-8-20-10-6-16;;/h15H,1-5,7-10H2,(H,13,18)(H,14,17);;/q-1;+1;. The number of aliphatic hydroxyl groups excluding tert-OH is 1. The Morgan fingerprint density at radius 1 is 0.955 bits per heavy atom. The molecule has 0 saturated carbocycles. The van der Waals surface area contributed by atoms with Gasteiger partial charge in [0.25, 0.3) is 0 Å². The minimum atomic E-state index is -0.208. The van der Waals surface area contributed by atoms with Crippen molar-refractivity contribution in [3.63, 3.8) is 0 Å². The molecule has 0 aliphatic carbocycles. The normalized spacial score (nSPS) is 9.14. The molecule has 0 heterocycles. The molecule has 0 fully saturated rings. The summed E-state index contributed by atoms with van der Waals surface area (Å²) in [5.74, 6) is -0.416. The largest absolute Gasteiger partial charge is 1.00 e. The molecule has 3 N–H and O–H groups in total. The first kappa shape index (κ1) is 27.6.